The molecule has 10 heteroatoms. The van der Waals surface area contributed by atoms with Gasteiger partial charge in [-0.3, -0.25) is 19.7 Å². The summed E-state index contributed by atoms with van der Waals surface area (Å²) in [4.78, 5) is 31.7. The zero-order valence-electron chi connectivity index (χ0n) is 18.3. The molecule has 172 valence electrons. The highest BCUT2D eigenvalue weighted by molar-refractivity contribution is 6.32. The molecule has 1 aliphatic heterocycles. The molecule has 1 saturated heterocycles. The van der Waals surface area contributed by atoms with E-state index in [-0.39, 0.29) is 17.7 Å². The fourth-order valence-electron chi connectivity index (χ4n) is 3.84. The molecule has 0 spiro atoms. The van der Waals surface area contributed by atoms with Crippen LogP contribution in [0.5, 0.6) is 11.5 Å². The minimum atomic E-state index is -0.365. The summed E-state index contributed by atoms with van der Waals surface area (Å²) >= 11 is 6.21. The molecule has 2 N–H and O–H groups in total. The van der Waals surface area contributed by atoms with Gasteiger partial charge in [-0.15, -0.1) is 0 Å². The van der Waals surface area contributed by atoms with E-state index < -0.39 is 0 Å². The van der Waals surface area contributed by atoms with Crippen LogP contribution in [0.15, 0.2) is 42.7 Å². The molecule has 1 aliphatic rings. The molecule has 1 aromatic carbocycles. The molecule has 2 aromatic heterocycles. The molecular formula is C23H24ClN5O4. The van der Waals surface area contributed by atoms with Crippen molar-refractivity contribution in [3.63, 3.8) is 0 Å². The van der Waals surface area contributed by atoms with E-state index >= 15 is 0 Å². The number of H-pyrrole nitrogens is 1. The zero-order valence-corrected chi connectivity index (χ0v) is 19.1. The summed E-state index contributed by atoms with van der Waals surface area (Å²) in [5, 5.41) is 10.3. The van der Waals surface area contributed by atoms with Gasteiger partial charge in [0.25, 0.3) is 5.91 Å². The van der Waals surface area contributed by atoms with Crippen molar-refractivity contribution >= 4 is 29.1 Å². The van der Waals surface area contributed by atoms with Crippen molar-refractivity contribution in [1.82, 2.24) is 20.1 Å². The molecule has 33 heavy (non-hydrogen) atoms. The molecule has 2 amide bonds. The van der Waals surface area contributed by atoms with Gasteiger partial charge in [0, 0.05) is 37.1 Å². The number of hydrogen-bond donors (Lipinski definition) is 2. The largest absolute Gasteiger partial charge is 0.495 e. The van der Waals surface area contributed by atoms with Crippen molar-refractivity contribution in [2.24, 2.45) is 5.92 Å². The maximum atomic E-state index is 13.0. The van der Waals surface area contributed by atoms with Crippen LogP contribution in [0.3, 0.4) is 0 Å². The lowest BCUT2D eigenvalue weighted by Gasteiger charge is -2.31. The van der Waals surface area contributed by atoms with E-state index in [9.17, 15) is 9.59 Å². The Morgan fingerprint density at radius 2 is 1.91 bits per heavy atom. The van der Waals surface area contributed by atoms with E-state index in [1.165, 1.54) is 14.2 Å². The molecule has 0 bridgehead atoms. The van der Waals surface area contributed by atoms with Crippen molar-refractivity contribution in [2.45, 2.75) is 12.8 Å². The van der Waals surface area contributed by atoms with Gasteiger partial charge in [0.15, 0.2) is 0 Å². The van der Waals surface area contributed by atoms with Crippen molar-refractivity contribution < 1.29 is 19.1 Å². The third kappa shape index (κ3) is 4.93. The average molecular weight is 470 g/mol. The number of piperidine rings is 1. The first-order valence-corrected chi connectivity index (χ1v) is 10.9. The normalized spacial score (nSPS) is 15.7. The number of carbonyl (C=O) groups excluding carboxylic acids is 2. The van der Waals surface area contributed by atoms with Crippen LogP contribution in [-0.2, 0) is 4.79 Å². The van der Waals surface area contributed by atoms with Crippen LogP contribution in [0.25, 0.3) is 11.3 Å². The lowest BCUT2D eigenvalue weighted by atomic mass is 9.96. The number of methoxy groups -OCH3 is 2. The van der Waals surface area contributed by atoms with Crippen molar-refractivity contribution in [3.05, 3.63) is 53.4 Å². The molecular weight excluding hydrogens is 446 g/mol. The average Bonchev–Trinajstić information content (AvgIpc) is 3.35. The molecule has 0 radical (unpaired) electrons. The van der Waals surface area contributed by atoms with Gasteiger partial charge in [-0.2, -0.15) is 5.10 Å². The van der Waals surface area contributed by atoms with Gasteiger partial charge in [0.05, 0.1) is 36.5 Å². The second kappa shape index (κ2) is 9.91. The van der Waals surface area contributed by atoms with Crippen LogP contribution in [0.1, 0.15) is 23.3 Å². The third-order valence-corrected chi connectivity index (χ3v) is 5.89. The second-order valence-corrected chi connectivity index (χ2v) is 8.08. The second-order valence-electron chi connectivity index (χ2n) is 7.67. The molecule has 0 aliphatic carbocycles. The number of amides is 2. The summed E-state index contributed by atoms with van der Waals surface area (Å²) in [5.41, 5.74) is 2.36. The molecule has 0 unspecified atom stereocenters. The number of aromatic nitrogens is 3. The lowest BCUT2D eigenvalue weighted by molar-refractivity contribution is -0.121. The highest BCUT2D eigenvalue weighted by Crippen LogP contribution is 2.36. The number of hydrogen-bond acceptors (Lipinski definition) is 6. The molecule has 3 aromatic rings. The summed E-state index contributed by atoms with van der Waals surface area (Å²) < 4.78 is 10.6. The van der Waals surface area contributed by atoms with Crippen LogP contribution in [0, 0.1) is 5.92 Å². The molecule has 1 atom stereocenters. The maximum absolute atomic E-state index is 13.0. The molecule has 3 heterocycles. The Hall–Kier alpha value is -3.59. The van der Waals surface area contributed by atoms with Gasteiger partial charge >= 0.3 is 0 Å². The lowest BCUT2D eigenvalue weighted by Crippen LogP contribution is -2.43. The number of nitrogens with zero attached hydrogens (tertiary/aromatic N) is 3. The summed E-state index contributed by atoms with van der Waals surface area (Å²) in [7, 11) is 3.01. The third-order valence-electron chi connectivity index (χ3n) is 5.60. The fourth-order valence-corrected chi connectivity index (χ4v) is 4.08. The summed E-state index contributed by atoms with van der Waals surface area (Å²) in [5.74, 6) is 0.136. The number of benzene rings is 1. The molecule has 1 fully saturated rings. The Morgan fingerprint density at radius 3 is 2.64 bits per heavy atom. The smallest absolute Gasteiger partial charge is 0.271 e. The standard InChI is InChI=1S/C23H24ClN5O4/c1-32-20-12-21(33-2)18(10-16(20)24)26-22(30)15-4-3-9-29(13-15)23(31)19-11-17(27-28-19)14-5-7-25-8-6-14/h5-8,10-12,15H,3-4,9,13H2,1-2H3,(H,26,30)(H,27,28)/t15-/m1/s1. The minimum absolute atomic E-state index is 0.189. The van der Waals surface area contributed by atoms with Gasteiger partial charge in [0.2, 0.25) is 5.91 Å². The predicted molar refractivity (Wildman–Crippen MR) is 124 cm³/mol. The van der Waals surface area contributed by atoms with Crippen LogP contribution >= 0.6 is 11.6 Å². The van der Waals surface area contributed by atoms with Crippen molar-refractivity contribution in [2.75, 3.05) is 32.6 Å². The topological polar surface area (TPSA) is 109 Å². The van der Waals surface area contributed by atoms with Gasteiger partial charge < -0.3 is 19.7 Å². The first-order chi connectivity index (χ1) is 16.0. The Morgan fingerprint density at radius 1 is 1.15 bits per heavy atom. The first kappa shape index (κ1) is 22.6. The quantitative estimate of drug-likeness (QED) is 0.570. The number of nitrogens with one attached hydrogen (secondary N) is 2. The van der Waals surface area contributed by atoms with Crippen LogP contribution in [0.2, 0.25) is 5.02 Å². The Labute approximate surface area is 196 Å². The predicted octanol–water partition coefficient (Wildman–Crippen LogP) is 3.63. The molecule has 9 nitrogen and oxygen atoms in total. The SMILES string of the molecule is COc1cc(OC)c(NC(=O)[C@@H]2CCCN(C(=O)c3cc(-c4ccncc4)n[nH]3)C2)cc1Cl. The van der Waals surface area contributed by atoms with E-state index in [1.54, 1.807) is 35.5 Å². The number of anilines is 1. The van der Waals surface area contributed by atoms with Crippen LogP contribution < -0.4 is 14.8 Å². The van der Waals surface area contributed by atoms with Crippen molar-refractivity contribution in [1.29, 1.82) is 0 Å². The van der Waals surface area contributed by atoms with Gasteiger partial charge in [0.1, 0.15) is 17.2 Å². The summed E-state index contributed by atoms with van der Waals surface area (Å²) in [6.45, 7) is 0.879. The number of ether oxygens (including phenoxy) is 2. The Bertz CT molecular complexity index is 1150. The number of likely N-dealkylation sites (tertiary alicyclic amines) is 1. The summed E-state index contributed by atoms with van der Waals surface area (Å²) in [6.07, 6.45) is 4.73. The van der Waals surface area contributed by atoms with Gasteiger partial charge in [-0.05, 0) is 37.1 Å². The minimum Gasteiger partial charge on any atom is -0.495 e. The number of halogens is 1. The highest BCUT2D eigenvalue weighted by Gasteiger charge is 2.30. The Balaban J connectivity index is 1.44. The van der Waals surface area contributed by atoms with E-state index in [1.807, 2.05) is 12.1 Å². The number of aromatic amines is 1. The van der Waals surface area contributed by atoms with Crippen molar-refractivity contribution in [3.8, 4) is 22.8 Å². The monoisotopic (exact) mass is 469 g/mol. The maximum Gasteiger partial charge on any atom is 0.271 e. The molecule has 0 saturated carbocycles. The van der Waals surface area contributed by atoms with Gasteiger partial charge in [-0.25, -0.2) is 0 Å². The molecule has 4 rings (SSSR count). The highest BCUT2D eigenvalue weighted by atomic mass is 35.5. The van der Waals surface area contributed by atoms with E-state index in [0.717, 1.165) is 12.0 Å². The number of pyridine rings is 1. The van der Waals surface area contributed by atoms with E-state index in [4.69, 9.17) is 21.1 Å². The van der Waals surface area contributed by atoms with E-state index in [2.05, 4.69) is 20.5 Å². The van der Waals surface area contributed by atoms with Crippen LogP contribution in [0.4, 0.5) is 5.69 Å². The Kier molecular flexibility index (Phi) is 6.79. The number of carbonyl (C=O) groups is 2. The summed E-state index contributed by atoms with van der Waals surface area (Å²) in [6, 6.07) is 8.57. The zero-order chi connectivity index (χ0) is 23.4. The first-order valence-electron chi connectivity index (χ1n) is 10.5. The van der Waals surface area contributed by atoms with Gasteiger partial charge in [-0.1, -0.05) is 11.6 Å². The fraction of sp³-hybridized carbons (Fsp3) is 0.304. The van der Waals surface area contributed by atoms with E-state index in [0.29, 0.717) is 53.1 Å². The number of rotatable bonds is 6. The van der Waals surface area contributed by atoms with Crippen LogP contribution in [-0.4, -0.2) is 59.2 Å².